The number of pyridine rings is 1. The summed E-state index contributed by atoms with van der Waals surface area (Å²) in [7, 11) is 0. The summed E-state index contributed by atoms with van der Waals surface area (Å²) < 4.78 is 12.9. The standard InChI is InChI=1S/C17H17FN4O2/c18-14-3-5-15(6-4-14)20-17(24)22-10-8-21(9-11-22)16(23)13-2-1-7-19-12-13/h1-7,12H,8-11H2,(H,20,24). The van der Waals surface area contributed by atoms with Crippen molar-refractivity contribution in [3.8, 4) is 0 Å². The Bertz CT molecular complexity index is 713. The van der Waals surface area contributed by atoms with Crippen LogP contribution in [0, 0.1) is 5.82 Å². The first-order valence-electron chi connectivity index (χ1n) is 7.64. The molecule has 3 rings (SSSR count). The van der Waals surface area contributed by atoms with Crippen LogP contribution in [0.3, 0.4) is 0 Å². The third-order valence-electron chi connectivity index (χ3n) is 3.86. The fraction of sp³-hybridized carbons (Fsp3) is 0.235. The third kappa shape index (κ3) is 3.68. The first kappa shape index (κ1) is 15.9. The van der Waals surface area contributed by atoms with Crippen LogP contribution in [0.15, 0.2) is 48.8 Å². The highest BCUT2D eigenvalue weighted by Gasteiger charge is 2.24. The van der Waals surface area contributed by atoms with Gasteiger partial charge in [-0.3, -0.25) is 9.78 Å². The van der Waals surface area contributed by atoms with Crippen LogP contribution in [0.2, 0.25) is 0 Å². The van der Waals surface area contributed by atoms with Crippen molar-refractivity contribution in [3.05, 3.63) is 60.2 Å². The lowest BCUT2D eigenvalue weighted by molar-refractivity contribution is 0.0671. The highest BCUT2D eigenvalue weighted by Crippen LogP contribution is 2.12. The molecule has 0 aliphatic carbocycles. The number of carbonyl (C=O) groups excluding carboxylic acids is 2. The molecule has 0 radical (unpaired) electrons. The summed E-state index contributed by atoms with van der Waals surface area (Å²) in [5.41, 5.74) is 1.08. The lowest BCUT2D eigenvalue weighted by atomic mass is 10.2. The topological polar surface area (TPSA) is 65.5 Å². The molecule has 1 saturated heterocycles. The molecule has 0 saturated carbocycles. The lowest BCUT2D eigenvalue weighted by Gasteiger charge is -2.34. The Hall–Kier alpha value is -2.96. The second-order valence-corrected chi connectivity index (χ2v) is 5.46. The Labute approximate surface area is 138 Å². The van der Waals surface area contributed by atoms with Crippen LogP contribution in [-0.2, 0) is 0 Å². The Kier molecular flexibility index (Phi) is 4.69. The van der Waals surface area contributed by atoms with Gasteiger partial charge in [0.2, 0.25) is 0 Å². The molecule has 0 spiro atoms. The average Bonchev–Trinajstić information content (AvgIpc) is 2.64. The number of aromatic nitrogens is 1. The summed E-state index contributed by atoms with van der Waals surface area (Å²) in [6, 6.07) is 8.79. The highest BCUT2D eigenvalue weighted by molar-refractivity contribution is 5.94. The summed E-state index contributed by atoms with van der Waals surface area (Å²) in [6.45, 7) is 1.81. The molecule has 0 bridgehead atoms. The zero-order chi connectivity index (χ0) is 16.9. The van der Waals surface area contributed by atoms with Crippen LogP contribution < -0.4 is 5.32 Å². The molecule has 2 aromatic rings. The molecular weight excluding hydrogens is 311 g/mol. The van der Waals surface area contributed by atoms with Gasteiger partial charge in [-0.15, -0.1) is 0 Å². The minimum absolute atomic E-state index is 0.0818. The molecule has 124 valence electrons. The van der Waals surface area contributed by atoms with E-state index in [4.69, 9.17) is 0 Å². The predicted octanol–water partition coefficient (Wildman–Crippen LogP) is 2.21. The van der Waals surface area contributed by atoms with Gasteiger partial charge in [-0.1, -0.05) is 0 Å². The number of piperazine rings is 1. The molecule has 2 heterocycles. The maximum Gasteiger partial charge on any atom is 0.321 e. The van der Waals surface area contributed by atoms with E-state index in [2.05, 4.69) is 10.3 Å². The summed E-state index contributed by atoms with van der Waals surface area (Å²) in [5, 5.41) is 2.72. The van der Waals surface area contributed by atoms with Gasteiger partial charge in [0.05, 0.1) is 5.56 Å². The van der Waals surface area contributed by atoms with Crippen molar-refractivity contribution in [2.45, 2.75) is 0 Å². The van der Waals surface area contributed by atoms with Gasteiger partial charge in [-0.05, 0) is 36.4 Å². The van der Waals surface area contributed by atoms with Gasteiger partial charge in [-0.25, -0.2) is 9.18 Å². The number of rotatable bonds is 2. The monoisotopic (exact) mass is 328 g/mol. The van der Waals surface area contributed by atoms with Crippen molar-refractivity contribution in [2.75, 3.05) is 31.5 Å². The van der Waals surface area contributed by atoms with Gasteiger partial charge >= 0.3 is 6.03 Å². The smallest absolute Gasteiger partial charge is 0.321 e. The van der Waals surface area contributed by atoms with E-state index in [-0.39, 0.29) is 17.8 Å². The predicted molar refractivity (Wildman–Crippen MR) is 87.1 cm³/mol. The SMILES string of the molecule is O=C(Nc1ccc(F)cc1)N1CCN(C(=O)c2cccnc2)CC1. The van der Waals surface area contributed by atoms with Crippen LogP contribution in [0.5, 0.6) is 0 Å². The minimum atomic E-state index is -0.351. The van der Waals surface area contributed by atoms with E-state index in [1.54, 1.807) is 28.1 Å². The summed E-state index contributed by atoms with van der Waals surface area (Å²) in [5.74, 6) is -0.433. The zero-order valence-corrected chi connectivity index (χ0v) is 13.0. The number of carbonyl (C=O) groups is 2. The van der Waals surface area contributed by atoms with Crippen LogP contribution in [-0.4, -0.2) is 52.9 Å². The average molecular weight is 328 g/mol. The van der Waals surface area contributed by atoms with Crippen molar-refractivity contribution in [1.29, 1.82) is 0 Å². The van der Waals surface area contributed by atoms with Gasteiger partial charge in [-0.2, -0.15) is 0 Å². The molecule has 1 aromatic heterocycles. The van der Waals surface area contributed by atoms with Crippen molar-refractivity contribution in [2.24, 2.45) is 0 Å². The number of hydrogen-bond donors (Lipinski definition) is 1. The molecular formula is C17H17FN4O2. The fourth-order valence-electron chi connectivity index (χ4n) is 2.52. The Morgan fingerprint density at radius 2 is 1.67 bits per heavy atom. The van der Waals surface area contributed by atoms with E-state index in [1.165, 1.54) is 30.5 Å². The fourth-order valence-corrected chi connectivity index (χ4v) is 2.52. The number of nitrogens with one attached hydrogen (secondary N) is 1. The van der Waals surface area contributed by atoms with E-state index >= 15 is 0 Å². The largest absolute Gasteiger partial charge is 0.335 e. The van der Waals surface area contributed by atoms with Crippen LogP contribution in [0.4, 0.5) is 14.9 Å². The maximum absolute atomic E-state index is 12.9. The van der Waals surface area contributed by atoms with E-state index in [1.807, 2.05) is 0 Å². The van der Waals surface area contributed by atoms with E-state index < -0.39 is 0 Å². The number of amides is 3. The normalized spacial score (nSPS) is 14.4. The van der Waals surface area contributed by atoms with Crippen LogP contribution in [0.25, 0.3) is 0 Å². The first-order valence-corrected chi connectivity index (χ1v) is 7.64. The second-order valence-electron chi connectivity index (χ2n) is 5.46. The van der Waals surface area contributed by atoms with Crippen molar-refractivity contribution >= 4 is 17.6 Å². The molecule has 0 atom stereocenters. The molecule has 1 aromatic carbocycles. The molecule has 1 aliphatic heterocycles. The van der Waals surface area contributed by atoms with E-state index in [0.717, 1.165) is 0 Å². The first-order chi connectivity index (χ1) is 11.6. The molecule has 6 nitrogen and oxygen atoms in total. The van der Waals surface area contributed by atoms with Gasteiger partial charge in [0.1, 0.15) is 5.82 Å². The highest BCUT2D eigenvalue weighted by atomic mass is 19.1. The second kappa shape index (κ2) is 7.08. The number of urea groups is 1. The molecule has 1 N–H and O–H groups in total. The number of benzene rings is 1. The number of hydrogen-bond acceptors (Lipinski definition) is 3. The summed E-state index contributed by atoms with van der Waals surface area (Å²) >= 11 is 0. The molecule has 7 heteroatoms. The third-order valence-corrected chi connectivity index (χ3v) is 3.86. The molecule has 1 aliphatic rings. The van der Waals surface area contributed by atoms with Crippen molar-refractivity contribution < 1.29 is 14.0 Å². The van der Waals surface area contributed by atoms with E-state index in [0.29, 0.717) is 37.4 Å². The molecule has 1 fully saturated rings. The van der Waals surface area contributed by atoms with Crippen LogP contribution in [0.1, 0.15) is 10.4 Å². The summed E-state index contributed by atoms with van der Waals surface area (Å²) in [6.07, 6.45) is 3.16. The van der Waals surface area contributed by atoms with Crippen molar-refractivity contribution in [1.82, 2.24) is 14.8 Å². The number of nitrogens with zero attached hydrogens (tertiary/aromatic N) is 3. The lowest BCUT2D eigenvalue weighted by Crippen LogP contribution is -2.51. The zero-order valence-electron chi connectivity index (χ0n) is 13.0. The maximum atomic E-state index is 12.9. The van der Waals surface area contributed by atoms with Crippen molar-refractivity contribution in [3.63, 3.8) is 0 Å². The molecule has 24 heavy (non-hydrogen) atoms. The van der Waals surface area contributed by atoms with Gasteiger partial charge in [0, 0.05) is 44.3 Å². The quantitative estimate of drug-likeness (QED) is 0.919. The van der Waals surface area contributed by atoms with Gasteiger partial charge in [0.15, 0.2) is 0 Å². The minimum Gasteiger partial charge on any atom is -0.335 e. The van der Waals surface area contributed by atoms with Gasteiger partial charge < -0.3 is 15.1 Å². The Morgan fingerprint density at radius 1 is 1.00 bits per heavy atom. The number of anilines is 1. The van der Waals surface area contributed by atoms with E-state index in [9.17, 15) is 14.0 Å². The Balaban J connectivity index is 1.54. The molecule has 3 amide bonds. The summed E-state index contributed by atoms with van der Waals surface area (Å²) in [4.78, 5) is 31.8. The van der Waals surface area contributed by atoms with Gasteiger partial charge in [0.25, 0.3) is 5.91 Å². The number of halogens is 1. The molecule has 0 unspecified atom stereocenters. The Morgan fingerprint density at radius 3 is 2.29 bits per heavy atom. The van der Waals surface area contributed by atoms with Crippen LogP contribution >= 0.6 is 0 Å².